The summed E-state index contributed by atoms with van der Waals surface area (Å²) in [5.41, 5.74) is 0. The molecule has 2 aliphatic carbocycles. The van der Waals surface area contributed by atoms with Crippen LogP contribution in [0.5, 0.6) is 0 Å². The summed E-state index contributed by atoms with van der Waals surface area (Å²) in [5, 5.41) is 18.8. The topological polar surface area (TPSA) is 87.1 Å². The van der Waals surface area contributed by atoms with Crippen LogP contribution in [0.1, 0.15) is 6.42 Å². The van der Waals surface area contributed by atoms with Gasteiger partial charge in [-0.1, -0.05) is 12.2 Å². The third-order valence-electron chi connectivity index (χ3n) is 4.75. The van der Waals surface area contributed by atoms with Crippen LogP contribution >= 0.6 is 0 Å². The third kappa shape index (κ3) is 2.03. The first-order valence-electron chi connectivity index (χ1n) is 7.03. The van der Waals surface area contributed by atoms with Crippen molar-refractivity contribution in [1.82, 2.24) is 4.90 Å². The summed E-state index contributed by atoms with van der Waals surface area (Å²) in [7, 11) is 0. The normalized spacial score (nSPS) is 39.2. The maximum atomic E-state index is 12.7. The minimum Gasteiger partial charge on any atom is -0.481 e. The molecule has 2 fully saturated rings. The van der Waals surface area contributed by atoms with E-state index in [4.69, 9.17) is 4.74 Å². The number of carboxylic acids is 1. The number of carbonyl (C=O) groups is 2. The van der Waals surface area contributed by atoms with E-state index in [9.17, 15) is 19.8 Å². The lowest BCUT2D eigenvalue weighted by Crippen LogP contribution is -2.54. The van der Waals surface area contributed by atoms with Crippen molar-refractivity contribution in [2.24, 2.45) is 23.7 Å². The van der Waals surface area contributed by atoms with Gasteiger partial charge >= 0.3 is 5.97 Å². The molecule has 2 N–H and O–H groups in total. The number of aliphatic carboxylic acids is 1. The number of hydrogen-bond acceptors (Lipinski definition) is 4. The molecule has 6 heteroatoms. The first-order valence-corrected chi connectivity index (χ1v) is 7.03. The van der Waals surface area contributed by atoms with Gasteiger partial charge in [0.05, 0.1) is 37.7 Å². The number of aliphatic hydroxyl groups is 1. The maximum Gasteiger partial charge on any atom is 0.307 e. The molecule has 0 aromatic heterocycles. The molecule has 3 rings (SSSR count). The van der Waals surface area contributed by atoms with Crippen molar-refractivity contribution < 1.29 is 24.5 Å². The number of allylic oxidation sites excluding steroid dienone is 2. The van der Waals surface area contributed by atoms with Gasteiger partial charge in [0.25, 0.3) is 0 Å². The first-order chi connectivity index (χ1) is 9.63. The fraction of sp³-hybridized carbons (Fsp3) is 0.714. The lowest BCUT2D eigenvalue weighted by Gasteiger charge is -2.38. The molecule has 5 atom stereocenters. The van der Waals surface area contributed by atoms with Crippen molar-refractivity contribution in [2.75, 3.05) is 26.4 Å². The molecule has 1 heterocycles. The Kier molecular flexibility index (Phi) is 3.52. The number of aliphatic hydroxyl groups excluding tert-OH is 1. The van der Waals surface area contributed by atoms with Gasteiger partial charge in [0.1, 0.15) is 0 Å². The first kappa shape index (κ1) is 13.6. The van der Waals surface area contributed by atoms with Gasteiger partial charge < -0.3 is 19.8 Å². The number of nitrogens with zero attached hydrogens (tertiary/aromatic N) is 1. The van der Waals surface area contributed by atoms with Gasteiger partial charge in [-0.3, -0.25) is 9.59 Å². The van der Waals surface area contributed by atoms with E-state index < -0.39 is 17.8 Å². The Morgan fingerprint density at radius 3 is 2.60 bits per heavy atom. The van der Waals surface area contributed by atoms with Gasteiger partial charge in [-0.15, -0.1) is 0 Å². The molecule has 20 heavy (non-hydrogen) atoms. The highest BCUT2D eigenvalue weighted by Gasteiger charge is 2.53. The van der Waals surface area contributed by atoms with Gasteiger partial charge in [0, 0.05) is 6.54 Å². The highest BCUT2D eigenvalue weighted by Crippen LogP contribution is 2.49. The average molecular weight is 281 g/mol. The highest BCUT2D eigenvalue weighted by atomic mass is 16.5. The molecule has 1 saturated carbocycles. The zero-order valence-corrected chi connectivity index (χ0v) is 11.1. The van der Waals surface area contributed by atoms with Gasteiger partial charge in [-0.05, 0) is 18.3 Å². The van der Waals surface area contributed by atoms with Crippen molar-refractivity contribution in [2.45, 2.75) is 12.5 Å². The van der Waals surface area contributed by atoms with Crippen LogP contribution in [0.3, 0.4) is 0 Å². The van der Waals surface area contributed by atoms with Crippen LogP contribution in [0.2, 0.25) is 0 Å². The SMILES string of the molecule is O=C(O)C1C2C=CC(C2)C1C(=O)N1CCOCC1CO. The van der Waals surface area contributed by atoms with Gasteiger partial charge in [0.2, 0.25) is 5.91 Å². The summed E-state index contributed by atoms with van der Waals surface area (Å²) in [6.07, 6.45) is 4.65. The number of ether oxygens (including phenoxy) is 1. The fourth-order valence-corrected chi connectivity index (χ4v) is 3.78. The zero-order chi connectivity index (χ0) is 14.3. The fourth-order valence-electron chi connectivity index (χ4n) is 3.78. The Morgan fingerprint density at radius 1 is 1.25 bits per heavy atom. The molecule has 6 nitrogen and oxygen atoms in total. The summed E-state index contributed by atoms with van der Waals surface area (Å²) in [6, 6.07) is -0.353. The highest BCUT2D eigenvalue weighted by molar-refractivity contribution is 5.87. The van der Waals surface area contributed by atoms with Gasteiger partial charge in [-0.2, -0.15) is 0 Å². The Hall–Kier alpha value is -1.40. The van der Waals surface area contributed by atoms with Crippen molar-refractivity contribution in [3.63, 3.8) is 0 Å². The molecule has 2 bridgehead atoms. The number of carboxylic acid groups (broad SMARTS) is 1. The smallest absolute Gasteiger partial charge is 0.307 e. The summed E-state index contributed by atoms with van der Waals surface area (Å²) in [5.74, 6) is -2.16. The van der Waals surface area contributed by atoms with Crippen molar-refractivity contribution in [1.29, 1.82) is 0 Å². The molecule has 0 aromatic carbocycles. The van der Waals surface area contributed by atoms with E-state index in [0.717, 1.165) is 6.42 Å². The standard InChI is InChI=1S/C14H19NO5/c16-6-10-7-20-4-3-15(10)13(17)11-8-1-2-9(5-8)12(11)14(18)19/h1-2,8-12,16H,3-7H2,(H,18,19). The third-order valence-corrected chi connectivity index (χ3v) is 4.75. The van der Waals surface area contributed by atoms with E-state index in [2.05, 4.69) is 0 Å². The molecule has 3 aliphatic rings. The van der Waals surface area contributed by atoms with Crippen LogP contribution in [0, 0.1) is 23.7 Å². The van der Waals surface area contributed by atoms with E-state index in [1.165, 1.54) is 0 Å². The summed E-state index contributed by atoms with van der Waals surface area (Å²) in [4.78, 5) is 25.8. The number of carbonyl (C=O) groups excluding carboxylic acids is 1. The van der Waals surface area contributed by atoms with E-state index in [-0.39, 0.29) is 30.4 Å². The number of amides is 1. The molecule has 1 aliphatic heterocycles. The molecule has 0 aromatic rings. The predicted octanol–water partition coefficient (Wildman–Crippen LogP) is -0.271. The van der Waals surface area contributed by atoms with Crippen molar-refractivity contribution >= 4 is 11.9 Å². The van der Waals surface area contributed by atoms with E-state index in [0.29, 0.717) is 19.8 Å². The second-order valence-corrected chi connectivity index (χ2v) is 5.78. The summed E-state index contributed by atoms with van der Waals surface area (Å²) in [6.45, 7) is 1.03. The van der Waals surface area contributed by atoms with Crippen LogP contribution < -0.4 is 0 Å². The number of fused-ring (bicyclic) bond motifs is 2. The van der Waals surface area contributed by atoms with Crippen molar-refractivity contribution in [3.05, 3.63) is 12.2 Å². The lowest BCUT2D eigenvalue weighted by atomic mass is 9.82. The summed E-state index contributed by atoms with van der Waals surface area (Å²) >= 11 is 0. The van der Waals surface area contributed by atoms with Gasteiger partial charge in [0.15, 0.2) is 0 Å². The Morgan fingerprint density at radius 2 is 1.95 bits per heavy atom. The second kappa shape index (κ2) is 5.18. The Balaban J connectivity index is 1.82. The molecular weight excluding hydrogens is 262 g/mol. The van der Waals surface area contributed by atoms with Crippen LogP contribution in [0.4, 0.5) is 0 Å². The largest absolute Gasteiger partial charge is 0.481 e. The summed E-state index contributed by atoms with van der Waals surface area (Å²) < 4.78 is 5.27. The van der Waals surface area contributed by atoms with Crippen LogP contribution in [-0.2, 0) is 14.3 Å². The number of hydrogen-bond donors (Lipinski definition) is 2. The van der Waals surface area contributed by atoms with Gasteiger partial charge in [-0.25, -0.2) is 0 Å². The maximum absolute atomic E-state index is 12.7. The van der Waals surface area contributed by atoms with Crippen LogP contribution in [-0.4, -0.2) is 59.4 Å². The molecule has 5 unspecified atom stereocenters. The monoisotopic (exact) mass is 281 g/mol. The predicted molar refractivity (Wildman–Crippen MR) is 68.8 cm³/mol. The molecule has 0 radical (unpaired) electrons. The number of rotatable bonds is 3. The Bertz CT molecular complexity index is 449. The molecular formula is C14H19NO5. The van der Waals surface area contributed by atoms with E-state index in [1.54, 1.807) is 4.90 Å². The number of morpholine rings is 1. The lowest BCUT2D eigenvalue weighted by molar-refractivity contribution is -0.156. The minimum atomic E-state index is -0.894. The quantitative estimate of drug-likeness (QED) is 0.695. The Labute approximate surface area is 117 Å². The molecule has 110 valence electrons. The molecule has 0 spiro atoms. The average Bonchev–Trinajstić information content (AvgIpc) is 3.06. The molecule has 1 amide bonds. The van der Waals surface area contributed by atoms with E-state index >= 15 is 0 Å². The molecule has 1 saturated heterocycles. The van der Waals surface area contributed by atoms with Crippen LogP contribution in [0.25, 0.3) is 0 Å². The van der Waals surface area contributed by atoms with E-state index in [1.807, 2.05) is 12.2 Å². The van der Waals surface area contributed by atoms with Crippen LogP contribution in [0.15, 0.2) is 12.2 Å². The zero-order valence-electron chi connectivity index (χ0n) is 11.1. The van der Waals surface area contributed by atoms with Crippen molar-refractivity contribution in [3.8, 4) is 0 Å². The second-order valence-electron chi connectivity index (χ2n) is 5.78. The minimum absolute atomic E-state index is 0.0239.